The highest BCUT2D eigenvalue weighted by Gasteiger charge is 2.73. The fourth-order valence-electron chi connectivity index (χ4n) is 12.2. The number of allylic oxidation sites excluding steroid dienone is 1. The first-order valence-corrected chi connectivity index (χ1v) is 21.5. The Bertz CT molecular complexity index is 1790. The van der Waals surface area contributed by atoms with Crippen LogP contribution >= 0.6 is 0 Å². The van der Waals surface area contributed by atoms with Crippen molar-refractivity contribution in [2.24, 2.45) is 16.7 Å². The highest BCUT2D eigenvalue weighted by atomic mass is 16.8. The fourth-order valence-corrected chi connectivity index (χ4v) is 12.2. The zero-order valence-corrected chi connectivity index (χ0v) is 34.5. The number of hydrogen-bond donors (Lipinski definition) is 11. The second kappa shape index (κ2) is 16.8. The molecule has 11 N–H and O–H groups in total. The lowest BCUT2D eigenvalue weighted by Crippen LogP contribution is -2.71. The van der Waals surface area contributed by atoms with Crippen molar-refractivity contribution >= 4 is 0 Å². The van der Waals surface area contributed by atoms with Gasteiger partial charge < -0.3 is 89.0 Å². The second-order valence-electron chi connectivity index (χ2n) is 18.9. The number of fused-ring (bicyclic) bond motifs is 5. The van der Waals surface area contributed by atoms with E-state index in [1.54, 1.807) is 13.0 Å². The van der Waals surface area contributed by atoms with Crippen LogP contribution in [0.25, 0.3) is 0 Å². The Balaban J connectivity index is 0.901. The van der Waals surface area contributed by atoms with Crippen LogP contribution in [0.4, 0.5) is 0 Å². The molecule has 19 nitrogen and oxygen atoms in total. The highest BCUT2D eigenvalue weighted by Crippen LogP contribution is 2.71. The summed E-state index contributed by atoms with van der Waals surface area (Å²) < 4.78 is 40.1. The predicted molar refractivity (Wildman–Crippen MR) is 205 cm³/mol. The maximum absolute atomic E-state index is 12.7. The molecule has 1 aromatic heterocycles. The third kappa shape index (κ3) is 7.29. The summed E-state index contributed by atoms with van der Waals surface area (Å²) in [5.74, 6) is -0.326. The number of hydrogen-bond acceptors (Lipinski definition) is 19. The van der Waals surface area contributed by atoms with Crippen molar-refractivity contribution in [3.63, 3.8) is 0 Å². The van der Waals surface area contributed by atoms with Crippen molar-refractivity contribution in [3.8, 4) is 0 Å². The van der Waals surface area contributed by atoms with Crippen LogP contribution in [0.3, 0.4) is 0 Å². The Morgan fingerprint density at radius 1 is 0.689 bits per heavy atom. The zero-order chi connectivity index (χ0) is 44.0. The molecule has 0 aromatic carbocycles. The van der Waals surface area contributed by atoms with Crippen LogP contribution < -0.4 is 5.63 Å². The van der Waals surface area contributed by atoms with Gasteiger partial charge in [0.05, 0.1) is 42.9 Å². The predicted octanol–water partition coefficient (Wildman–Crippen LogP) is -2.22. The lowest BCUT2D eigenvalue weighted by atomic mass is 9.43. The van der Waals surface area contributed by atoms with Crippen LogP contribution in [0.5, 0.6) is 0 Å². The Morgan fingerprint density at radius 3 is 1.97 bits per heavy atom. The molecule has 0 amide bonds. The van der Waals surface area contributed by atoms with E-state index in [0.29, 0.717) is 51.4 Å². The normalized spacial score (nSPS) is 52.5. The van der Waals surface area contributed by atoms with Gasteiger partial charge >= 0.3 is 5.63 Å². The highest BCUT2D eigenvalue weighted by molar-refractivity contribution is 5.35. The molecular weight excluding hydrogens is 808 g/mol. The summed E-state index contributed by atoms with van der Waals surface area (Å²) in [5, 5.41) is 120. The summed E-state index contributed by atoms with van der Waals surface area (Å²) >= 11 is 0. The van der Waals surface area contributed by atoms with Gasteiger partial charge in [-0.1, -0.05) is 25.5 Å². The second-order valence-corrected chi connectivity index (χ2v) is 18.9. The van der Waals surface area contributed by atoms with E-state index < -0.39 is 139 Å². The molecule has 61 heavy (non-hydrogen) atoms. The summed E-state index contributed by atoms with van der Waals surface area (Å²) in [6, 6.07) is 3.15. The van der Waals surface area contributed by atoms with Crippen LogP contribution in [-0.4, -0.2) is 179 Å². The van der Waals surface area contributed by atoms with Crippen LogP contribution in [-0.2, 0) is 28.4 Å². The van der Waals surface area contributed by atoms with Crippen molar-refractivity contribution < 1.29 is 89.0 Å². The van der Waals surface area contributed by atoms with E-state index in [1.807, 2.05) is 13.0 Å². The third-order valence-corrected chi connectivity index (χ3v) is 15.8. The van der Waals surface area contributed by atoms with Gasteiger partial charge in [0.25, 0.3) is 0 Å². The monoisotopic (exact) mass is 870 g/mol. The Kier molecular flexibility index (Phi) is 12.5. The van der Waals surface area contributed by atoms with E-state index in [0.717, 1.165) is 11.1 Å². The number of ether oxygens (including phenoxy) is 6. The van der Waals surface area contributed by atoms with Crippen LogP contribution in [0.1, 0.15) is 83.6 Å². The minimum Gasteiger partial charge on any atom is -0.431 e. The van der Waals surface area contributed by atoms with Gasteiger partial charge in [-0.15, -0.1) is 0 Å². The first kappa shape index (κ1) is 45.6. The summed E-state index contributed by atoms with van der Waals surface area (Å²) in [6.45, 7) is 4.20. The standard InChI is InChI=1S/C42H62O19/c1-18-34(60-38-33(52)30(49)35(24(16-44)59-38)61-37-31(50)28(47)27(46)23(15-43)58-37)29(48)32(51)36(56-18)57-21-7-10-39(2)20(14-21)6-12-41(53)25(39)9-11-40(3)22(8-13-42(40,41)54)19-4-5-26(45)55-17-19/h4-5,14,17-18,21-25,27-38,43-44,46-54H,6-13,15-16H2,1-3H3. The molecule has 344 valence electrons. The van der Waals surface area contributed by atoms with Gasteiger partial charge in [-0.05, 0) is 87.2 Å². The van der Waals surface area contributed by atoms with E-state index in [-0.39, 0.29) is 11.8 Å². The fraction of sp³-hybridized carbons (Fsp3) is 0.833. The molecule has 0 bridgehead atoms. The minimum absolute atomic E-state index is 0.0882. The summed E-state index contributed by atoms with van der Waals surface area (Å²) in [6.07, 6.45) is -16.2. The molecule has 7 aliphatic rings. The zero-order valence-electron chi connectivity index (χ0n) is 34.5. The molecular formula is C42H62O19. The smallest absolute Gasteiger partial charge is 0.335 e. The maximum Gasteiger partial charge on any atom is 0.335 e. The van der Waals surface area contributed by atoms with Crippen molar-refractivity contribution in [2.75, 3.05) is 13.2 Å². The summed E-state index contributed by atoms with van der Waals surface area (Å²) in [7, 11) is 0. The van der Waals surface area contributed by atoms with Gasteiger partial charge in [-0.2, -0.15) is 0 Å². The van der Waals surface area contributed by atoms with Gasteiger partial charge in [-0.3, -0.25) is 0 Å². The van der Waals surface area contributed by atoms with Crippen molar-refractivity contribution in [1.82, 2.24) is 0 Å². The molecule has 0 radical (unpaired) electrons. The molecule has 22 atom stereocenters. The van der Waals surface area contributed by atoms with Gasteiger partial charge in [0.1, 0.15) is 67.1 Å². The lowest BCUT2D eigenvalue weighted by molar-refractivity contribution is -0.378. The molecule has 1 aromatic rings. The van der Waals surface area contributed by atoms with E-state index in [1.165, 1.54) is 12.3 Å². The first-order valence-electron chi connectivity index (χ1n) is 21.5. The van der Waals surface area contributed by atoms with Crippen LogP contribution in [0, 0.1) is 16.7 Å². The Hall–Kier alpha value is -1.99. The number of rotatable bonds is 9. The van der Waals surface area contributed by atoms with E-state index >= 15 is 0 Å². The summed E-state index contributed by atoms with van der Waals surface area (Å²) in [4.78, 5) is 11.7. The molecule has 22 unspecified atom stereocenters. The number of aliphatic hydroxyl groups is 11. The summed E-state index contributed by atoms with van der Waals surface area (Å²) in [5.41, 5.74) is -2.33. The molecule has 0 spiro atoms. The Labute approximate surface area is 352 Å². The molecule has 4 heterocycles. The van der Waals surface area contributed by atoms with Crippen molar-refractivity contribution in [1.29, 1.82) is 0 Å². The van der Waals surface area contributed by atoms with Gasteiger partial charge in [0, 0.05) is 11.5 Å². The molecule has 3 aliphatic heterocycles. The van der Waals surface area contributed by atoms with Crippen LogP contribution in [0.2, 0.25) is 0 Å². The molecule has 3 saturated carbocycles. The largest absolute Gasteiger partial charge is 0.431 e. The van der Waals surface area contributed by atoms with E-state index in [2.05, 4.69) is 6.92 Å². The maximum atomic E-state index is 12.7. The Morgan fingerprint density at radius 2 is 1.31 bits per heavy atom. The average molecular weight is 871 g/mol. The van der Waals surface area contributed by atoms with Crippen molar-refractivity contribution in [2.45, 2.75) is 187 Å². The lowest BCUT2D eigenvalue weighted by Gasteiger charge is -2.65. The number of aliphatic hydroxyl groups excluding tert-OH is 9. The molecule has 8 rings (SSSR count). The third-order valence-electron chi connectivity index (χ3n) is 15.8. The molecule has 3 saturated heterocycles. The molecule has 4 aliphatic carbocycles. The molecule has 6 fully saturated rings. The van der Waals surface area contributed by atoms with E-state index in [9.17, 15) is 61.0 Å². The van der Waals surface area contributed by atoms with Gasteiger partial charge in [-0.25, -0.2) is 4.79 Å². The molecule has 19 heteroatoms. The van der Waals surface area contributed by atoms with E-state index in [4.69, 9.17) is 32.8 Å². The minimum atomic E-state index is -1.87. The SMILES string of the molecule is CC1OC(OC2C=C3CCC4(O)C(CCC5(C)C(c6ccc(=O)oc6)CCC54O)C3(C)CC2)C(O)C(O)C1OC1OC(CO)C(OC2OC(CO)C(O)C(O)C2O)C(O)C1O. The van der Waals surface area contributed by atoms with Crippen molar-refractivity contribution in [3.05, 3.63) is 46.0 Å². The van der Waals surface area contributed by atoms with Crippen LogP contribution in [0.15, 0.2) is 39.3 Å². The first-order chi connectivity index (χ1) is 28.8. The van der Waals surface area contributed by atoms with Gasteiger partial charge in [0.15, 0.2) is 18.9 Å². The quantitative estimate of drug-likeness (QED) is 0.117. The topological polar surface area (TPSA) is 308 Å². The van der Waals surface area contributed by atoms with Gasteiger partial charge in [0.2, 0.25) is 0 Å². The average Bonchev–Trinajstić information content (AvgIpc) is 3.52.